The molecule has 0 radical (unpaired) electrons. The molecule has 3 heterocycles. The molecule has 0 saturated carbocycles. The second kappa shape index (κ2) is 10.7. The molecule has 40 heavy (non-hydrogen) atoms. The van der Waals surface area contributed by atoms with Crippen LogP contribution >= 0.6 is 11.3 Å². The van der Waals surface area contributed by atoms with Crippen LogP contribution in [0.15, 0.2) is 66.2 Å². The summed E-state index contributed by atoms with van der Waals surface area (Å²) < 4.78 is 18.1. The van der Waals surface area contributed by atoms with E-state index in [0.717, 1.165) is 28.6 Å². The molecule has 0 spiro atoms. The Morgan fingerprint density at radius 2 is 1.90 bits per heavy atom. The second-order valence-electron chi connectivity index (χ2n) is 9.77. The molecule has 6 rings (SSSR count). The number of carbonyl (C=O) groups is 2. The number of ether oxygens (including phenoxy) is 3. The van der Waals surface area contributed by atoms with Crippen molar-refractivity contribution in [3.8, 4) is 17.2 Å². The maximum atomic E-state index is 13.6. The molecule has 1 N–H and O–H groups in total. The first-order valence-corrected chi connectivity index (χ1v) is 14.1. The van der Waals surface area contributed by atoms with Gasteiger partial charge in [0.2, 0.25) is 0 Å². The van der Waals surface area contributed by atoms with Gasteiger partial charge in [0.1, 0.15) is 24.7 Å². The number of anilines is 1. The van der Waals surface area contributed by atoms with Crippen LogP contribution in [0.4, 0.5) is 5.13 Å². The number of amides is 1. The van der Waals surface area contributed by atoms with Gasteiger partial charge in [-0.05, 0) is 66.9 Å². The normalized spacial score (nSPS) is 17.9. The number of unbranched alkanes of at least 4 members (excludes halogenated alkanes) is 1. The van der Waals surface area contributed by atoms with Crippen molar-refractivity contribution in [3.63, 3.8) is 0 Å². The van der Waals surface area contributed by atoms with E-state index in [0.29, 0.717) is 53.3 Å². The summed E-state index contributed by atoms with van der Waals surface area (Å²) in [6.45, 7) is 5.44. The van der Waals surface area contributed by atoms with Crippen molar-refractivity contribution >= 4 is 44.1 Å². The maximum Gasteiger partial charge on any atom is 0.301 e. The number of thiazole rings is 1. The van der Waals surface area contributed by atoms with Crippen molar-refractivity contribution in [1.82, 2.24) is 4.98 Å². The van der Waals surface area contributed by atoms with Gasteiger partial charge in [0, 0.05) is 5.56 Å². The standard InChI is InChI=1S/C31H28N2O6S/c1-3-4-12-37-21-7-5-6-19(16-21)27-26(28(34)20-9-11-23-24(17-20)39-14-13-38-23)29(35)30(36)33(27)31-32-22-10-8-18(2)15-25(22)40-31/h5-11,15-17,27,34H,3-4,12-14H2,1-2H3/b28-26+. The van der Waals surface area contributed by atoms with Crippen LogP contribution in [0.5, 0.6) is 17.2 Å². The van der Waals surface area contributed by atoms with Gasteiger partial charge in [-0.2, -0.15) is 0 Å². The number of hydrogen-bond donors (Lipinski definition) is 1. The Morgan fingerprint density at radius 1 is 1.07 bits per heavy atom. The van der Waals surface area contributed by atoms with E-state index in [1.54, 1.807) is 18.2 Å². The minimum Gasteiger partial charge on any atom is -0.507 e. The molecule has 1 amide bonds. The smallest absolute Gasteiger partial charge is 0.301 e. The van der Waals surface area contributed by atoms with Crippen molar-refractivity contribution < 1.29 is 28.9 Å². The fraction of sp³-hybridized carbons (Fsp3) is 0.258. The van der Waals surface area contributed by atoms with Crippen molar-refractivity contribution in [1.29, 1.82) is 0 Å². The van der Waals surface area contributed by atoms with Gasteiger partial charge >= 0.3 is 5.91 Å². The molecule has 2 aliphatic heterocycles. The number of benzene rings is 3. The van der Waals surface area contributed by atoms with Crippen molar-refractivity contribution in [2.45, 2.75) is 32.7 Å². The number of Topliss-reactive ketones (excluding diaryl/α,β-unsaturated/α-hetero) is 1. The van der Waals surface area contributed by atoms with E-state index < -0.39 is 17.7 Å². The molecule has 0 bridgehead atoms. The average molecular weight is 557 g/mol. The van der Waals surface area contributed by atoms with Crippen molar-refractivity contribution in [2.24, 2.45) is 0 Å². The van der Waals surface area contributed by atoms with Gasteiger partial charge in [-0.1, -0.05) is 42.9 Å². The van der Waals surface area contributed by atoms with Gasteiger partial charge in [-0.15, -0.1) is 0 Å². The van der Waals surface area contributed by atoms with Crippen LogP contribution in [-0.4, -0.2) is 41.6 Å². The average Bonchev–Trinajstić information content (AvgIpc) is 3.50. The highest BCUT2D eigenvalue weighted by atomic mass is 32.1. The maximum absolute atomic E-state index is 13.6. The Labute approximate surface area is 235 Å². The molecule has 1 saturated heterocycles. The van der Waals surface area contributed by atoms with Crippen LogP contribution < -0.4 is 19.1 Å². The summed E-state index contributed by atoms with van der Waals surface area (Å²) in [6.07, 6.45) is 1.89. The summed E-state index contributed by atoms with van der Waals surface area (Å²) >= 11 is 1.33. The highest BCUT2D eigenvalue weighted by molar-refractivity contribution is 7.22. The van der Waals surface area contributed by atoms with Crippen LogP contribution in [0.1, 0.15) is 42.5 Å². The van der Waals surface area contributed by atoms with E-state index in [1.165, 1.54) is 16.2 Å². The number of fused-ring (bicyclic) bond motifs is 2. The quantitative estimate of drug-likeness (QED) is 0.126. The summed E-state index contributed by atoms with van der Waals surface area (Å²) in [4.78, 5) is 33.3. The van der Waals surface area contributed by atoms with E-state index in [9.17, 15) is 14.7 Å². The molecule has 4 aromatic rings. The fourth-order valence-electron chi connectivity index (χ4n) is 4.92. The third kappa shape index (κ3) is 4.66. The van der Waals surface area contributed by atoms with Crippen LogP contribution in [0.25, 0.3) is 16.0 Å². The fourth-order valence-corrected chi connectivity index (χ4v) is 6.01. The molecule has 1 aromatic heterocycles. The number of rotatable bonds is 7. The predicted octanol–water partition coefficient (Wildman–Crippen LogP) is 6.18. The molecule has 1 atom stereocenters. The lowest BCUT2D eigenvalue weighted by Gasteiger charge is -2.24. The topological polar surface area (TPSA) is 98.2 Å². The summed E-state index contributed by atoms with van der Waals surface area (Å²) in [5, 5.41) is 11.9. The summed E-state index contributed by atoms with van der Waals surface area (Å²) in [5.74, 6) is -0.189. The number of hydrogen-bond acceptors (Lipinski definition) is 8. The Morgan fingerprint density at radius 3 is 2.73 bits per heavy atom. The zero-order valence-electron chi connectivity index (χ0n) is 22.2. The predicted molar refractivity (Wildman–Crippen MR) is 153 cm³/mol. The van der Waals surface area contributed by atoms with Crippen LogP contribution in [-0.2, 0) is 9.59 Å². The van der Waals surface area contributed by atoms with Crippen molar-refractivity contribution in [3.05, 3.63) is 82.9 Å². The van der Waals surface area contributed by atoms with Gasteiger partial charge in [0.05, 0.1) is 28.4 Å². The first-order chi connectivity index (χ1) is 19.4. The molecule has 0 aliphatic carbocycles. The number of aliphatic hydroxyl groups excluding tert-OH is 1. The Hall–Kier alpha value is -4.37. The van der Waals surface area contributed by atoms with E-state index >= 15 is 0 Å². The Balaban J connectivity index is 1.50. The molecule has 1 fully saturated rings. The van der Waals surface area contributed by atoms with Crippen LogP contribution in [0.3, 0.4) is 0 Å². The van der Waals surface area contributed by atoms with E-state index in [-0.39, 0.29) is 11.3 Å². The number of nitrogens with zero attached hydrogens (tertiary/aromatic N) is 2. The first kappa shape index (κ1) is 25.9. The molecule has 9 heteroatoms. The van der Waals surface area contributed by atoms with Crippen molar-refractivity contribution in [2.75, 3.05) is 24.7 Å². The lowest BCUT2D eigenvalue weighted by Crippen LogP contribution is -2.29. The lowest BCUT2D eigenvalue weighted by atomic mass is 9.95. The zero-order valence-corrected chi connectivity index (χ0v) is 23.0. The molecule has 204 valence electrons. The summed E-state index contributed by atoms with van der Waals surface area (Å²) in [7, 11) is 0. The minimum absolute atomic E-state index is 0.0252. The van der Waals surface area contributed by atoms with E-state index in [2.05, 4.69) is 6.92 Å². The molecular weight excluding hydrogens is 528 g/mol. The Kier molecular flexibility index (Phi) is 6.89. The lowest BCUT2D eigenvalue weighted by molar-refractivity contribution is -0.132. The van der Waals surface area contributed by atoms with Crippen LogP contribution in [0, 0.1) is 6.92 Å². The largest absolute Gasteiger partial charge is 0.507 e. The number of carbonyl (C=O) groups excluding carboxylic acids is 2. The van der Waals surface area contributed by atoms with Gasteiger partial charge in [-0.3, -0.25) is 14.5 Å². The molecular formula is C31H28N2O6S. The van der Waals surface area contributed by atoms with Crippen LogP contribution in [0.2, 0.25) is 0 Å². The van der Waals surface area contributed by atoms with Gasteiger partial charge in [-0.25, -0.2) is 4.98 Å². The molecule has 2 aliphatic rings. The zero-order chi connectivity index (χ0) is 27.8. The monoisotopic (exact) mass is 556 g/mol. The van der Waals surface area contributed by atoms with Gasteiger partial charge in [0.25, 0.3) is 5.78 Å². The minimum atomic E-state index is -0.912. The van der Waals surface area contributed by atoms with E-state index in [1.807, 2.05) is 49.4 Å². The van der Waals surface area contributed by atoms with Gasteiger partial charge < -0.3 is 19.3 Å². The number of aromatic nitrogens is 1. The number of aryl methyl sites for hydroxylation is 1. The molecule has 3 aromatic carbocycles. The third-order valence-electron chi connectivity index (χ3n) is 6.94. The highest BCUT2D eigenvalue weighted by Crippen LogP contribution is 2.45. The number of ketones is 1. The highest BCUT2D eigenvalue weighted by Gasteiger charge is 2.48. The SMILES string of the molecule is CCCCOc1cccc(C2/C(=C(\O)c3ccc4c(c3)OCCO4)C(=O)C(=O)N2c2nc3ccc(C)cc3s2)c1. The number of aliphatic hydroxyl groups is 1. The first-order valence-electron chi connectivity index (χ1n) is 13.3. The Bertz CT molecular complexity index is 1660. The third-order valence-corrected chi connectivity index (χ3v) is 7.96. The summed E-state index contributed by atoms with van der Waals surface area (Å²) in [6, 6.07) is 17.2. The van der Waals surface area contributed by atoms with E-state index in [4.69, 9.17) is 19.2 Å². The molecule has 8 nitrogen and oxygen atoms in total. The molecule has 1 unspecified atom stereocenters. The second-order valence-corrected chi connectivity index (χ2v) is 10.8. The summed E-state index contributed by atoms with van der Waals surface area (Å²) in [5.41, 5.74) is 2.75. The van der Waals surface area contributed by atoms with Gasteiger partial charge in [0.15, 0.2) is 16.6 Å².